The molecule has 0 amide bonds. The standard InChI is InChI=1S/C16H10F4N2O/c17-12-6-13(18)15(20)16(14(12)19)23-9-10-7-21-22(8-10)11-4-2-1-3-5-11/h1-8H,9H2. The Labute approximate surface area is 128 Å². The predicted molar refractivity (Wildman–Crippen MR) is 74.2 cm³/mol. The lowest BCUT2D eigenvalue weighted by Gasteiger charge is -2.08. The highest BCUT2D eigenvalue weighted by Crippen LogP contribution is 2.27. The average Bonchev–Trinajstić information content (AvgIpc) is 3.03. The molecular weight excluding hydrogens is 312 g/mol. The number of nitrogens with zero attached hydrogens (tertiary/aromatic N) is 2. The van der Waals surface area contributed by atoms with Crippen molar-refractivity contribution in [3.8, 4) is 11.4 Å². The van der Waals surface area contributed by atoms with Crippen molar-refractivity contribution in [1.29, 1.82) is 0 Å². The van der Waals surface area contributed by atoms with Crippen LogP contribution >= 0.6 is 0 Å². The Morgan fingerprint density at radius 1 is 0.957 bits per heavy atom. The van der Waals surface area contributed by atoms with Gasteiger partial charge in [0.25, 0.3) is 0 Å². The highest BCUT2D eigenvalue weighted by atomic mass is 19.2. The third-order valence-corrected chi connectivity index (χ3v) is 3.11. The van der Waals surface area contributed by atoms with E-state index in [4.69, 9.17) is 4.74 Å². The largest absolute Gasteiger partial charge is 0.483 e. The number of benzene rings is 2. The molecule has 0 saturated carbocycles. The van der Waals surface area contributed by atoms with Crippen LogP contribution in [0.25, 0.3) is 5.69 Å². The van der Waals surface area contributed by atoms with E-state index in [1.807, 2.05) is 30.3 Å². The molecule has 0 atom stereocenters. The maximum atomic E-state index is 13.5. The van der Waals surface area contributed by atoms with Gasteiger partial charge in [-0.2, -0.15) is 13.9 Å². The first-order chi connectivity index (χ1) is 11.1. The second-order valence-corrected chi connectivity index (χ2v) is 4.71. The minimum Gasteiger partial charge on any atom is -0.483 e. The summed E-state index contributed by atoms with van der Waals surface area (Å²) in [4.78, 5) is 0. The number of aromatic nitrogens is 2. The van der Waals surface area contributed by atoms with E-state index in [2.05, 4.69) is 5.10 Å². The first kappa shape index (κ1) is 15.1. The first-order valence-corrected chi connectivity index (χ1v) is 6.61. The lowest BCUT2D eigenvalue weighted by molar-refractivity contribution is 0.261. The smallest absolute Gasteiger partial charge is 0.203 e. The van der Waals surface area contributed by atoms with Crippen LogP contribution in [0.5, 0.6) is 5.75 Å². The fourth-order valence-electron chi connectivity index (χ4n) is 1.99. The van der Waals surface area contributed by atoms with Crippen molar-refractivity contribution < 1.29 is 22.3 Å². The van der Waals surface area contributed by atoms with Gasteiger partial charge in [-0.15, -0.1) is 0 Å². The van der Waals surface area contributed by atoms with Gasteiger partial charge >= 0.3 is 0 Å². The molecule has 0 bridgehead atoms. The fraction of sp³-hybridized carbons (Fsp3) is 0.0625. The second-order valence-electron chi connectivity index (χ2n) is 4.71. The molecule has 7 heteroatoms. The van der Waals surface area contributed by atoms with Gasteiger partial charge < -0.3 is 4.74 Å². The van der Waals surface area contributed by atoms with Crippen molar-refractivity contribution in [3.05, 3.63) is 77.6 Å². The molecule has 0 aliphatic rings. The summed E-state index contributed by atoms with van der Waals surface area (Å²) in [7, 11) is 0. The first-order valence-electron chi connectivity index (χ1n) is 6.61. The lowest BCUT2D eigenvalue weighted by atomic mass is 10.3. The summed E-state index contributed by atoms with van der Waals surface area (Å²) in [6, 6.07) is 9.27. The van der Waals surface area contributed by atoms with Crippen molar-refractivity contribution in [2.75, 3.05) is 0 Å². The number of ether oxygens (including phenoxy) is 1. The zero-order valence-electron chi connectivity index (χ0n) is 11.6. The summed E-state index contributed by atoms with van der Waals surface area (Å²) < 4.78 is 59.6. The third-order valence-electron chi connectivity index (χ3n) is 3.11. The van der Waals surface area contributed by atoms with Crippen LogP contribution in [0.15, 0.2) is 48.8 Å². The zero-order valence-corrected chi connectivity index (χ0v) is 11.6. The molecule has 0 aliphatic heterocycles. The average molecular weight is 322 g/mol. The van der Waals surface area contributed by atoms with Crippen LogP contribution < -0.4 is 4.74 Å². The van der Waals surface area contributed by atoms with Crippen LogP contribution in [-0.4, -0.2) is 9.78 Å². The van der Waals surface area contributed by atoms with Gasteiger partial charge in [-0.1, -0.05) is 18.2 Å². The van der Waals surface area contributed by atoms with Crippen LogP contribution in [-0.2, 0) is 6.61 Å². The van der Waals surface area contributed by atoms with Crippen LogP contribution in [0.4, 0.5) is 17.6 Å². The van der Waals surface area contributed by atoms with Gasteiger partial charge in [0.15, 0.2) is 17.4 Å². The molecule has 1 aromatic heterocycles. The summed E-state index contributed by atoms with van der Waals surface area (Å²) in [6.07, 6.45) is 3.01. The van der Waals surface area contributed by atoms with E-state index >= 15 is 0 Å². The molecule has 2 aromatic carbocycles. The van der Waals surface area contributed by atoms with Crippen LogP contribution in [0.2, 0.25) is 0 Å². The number of hydrogen-bond acceptors (Lipinski definition) is 2. The van der Waals surface area contributed by atoms with E-state index in [0.29, 0.717) is 5.56 Å². The molecule has 0 radical (unpaired) electrons. The quantitative estimate of drug-likeness (QED) is 0.536. The molecule has 3 nitrogen and oxygen atoms in total. The third kappa shape index (κ3) is 3.03. The highest BCUT2D eigenvalue weighted by molar-refractivity contribution is 5.31. The van der Waals surface area contributed by atoms with Crippen LogP contribution in [0, 0.1) is 23.3 Å². The number of rotatable bonds is 4. The maximum absolute atomic E-state index is 13.5. The van der Waals surface area contributed by atoms with Crippen molar-refractivity contribution in [2.24, 2.45) is 0 Å². The predicted octanol–water partition coefficient (Wildman–Crippen LogP) is 4.01. The van der Waals surface area contributed by atoms with E-state index in [1.165, 1.54) is 10.9 Å². The molecule has 23 heavy (non-hydrogen) atoms. The Bertz CT molecular complexity index is 807. The SMILES string of the molecule is Fc1cc(F)c(F)c(OCc2cnn(-c3ccccc3)c2)c1F. The minimum absolute atomic E-state index is 0.130. The summed E-state index contributed by atoms with van der Waals surface area (Å²) in [5.74, 6) is -7.26. The van der Waals surface area contributed by atoms with Gasteiger partial charge in [-0.25, -0.2) is 13.5 Å². The summed E-state index contributed by atoms with van der Waals surface area (Å²) in [5.41, 5.74) is 1.27. The van der Waals surface area contributed by atoms with E-state index in [-0.39, 0.29) is 12.7 Å². The van der Waals surface area contributed by atoms with Crippen LogP contribution in [0.3, 0.4) is 0 Å². The highest BCUT2D eigenvalue weighted by Gasteiger charge is 2.20. The lowest BCUT2D eigenvalue weighted by Crippen LogP contribution is -2.03. The molecule has 3 aromatic rings. The molecular formula is C16H10F4N2O. The Morgan fingerprint density at radius 3 is 2.26 bits per heavy atom. The van der Waals surface area contributed by atoms with Crippen molar-refractivity contribution >= 4 is 0 Å². The molecule has 0 fully saturated rings. The van der Waals surface area contributed by atoms with Crippen molar-refractivity contribution in [3.63, 3.8) is 0 Å². The van der Waals surface area contributed by atoms with E-state index < -0.39 is 29.0 Å². The molecule has 0 unspecified atom stereocenters. The van der Waals surface area contributed by atoms with E-state index in [1.54, 1.807) is 6.20 Å². The Morgan fingerprint density at radius 2 is 1.61 bits per heavy atom. The van der Waals surface area contributed by atoms with Crippen molar-refractivity contribution in [2.45, 2.75) is 6.61 Å². The van der Waals surface area contributed by atoms with Gasteiger partial charge in [-0.05, 0) is 12.1 Å². The van der Waals surface area contributed by atoms with E-state index in [9.17, 15) is 17.6 Å². The van der Waals surface area contributed by atoms with Gasteiger partial charge in [-0.3, -0.25) is 0 Å². The minimum atomic E-state index is -1.57. The molecule has 118 valence electrons. The van der Waals surface area contributed by atoms with Gasteiger partial charge in [0.1, 0.15) is 6.61 Å². The number of halogens is 4. The van der Waals surface area contributed by atoms with Gasteiger partial charge in [0.2, 0.25) is 11.6 Å². The Balaban J connectivity index is 1.79. The Hall–Kier alpha value is -2.83. The van der Waals surface area contributed by atoms with Crippen LogP contribution in [0.1, 0.15) is 5.56 Å². The van der Waals surface area contributed by atoms with Gasteiger partial charge in [0.05, 0.1) is 11.9 Å². The second kappa shape index (κ2) is 6.12. The number of hydrogen-bond donors (Lipinski definition) is 0. The molecule has 0 N–H and O–H groups in total. The molecule has 3 rings (SSSR count). The summed E-state index contributed by atoms with van der Waals surface area (Å²) in [5, 5.41) is 4.08. The monoisotopic (exact) mass is 322 g/mol. The summed E-state index contributed by atoms with van der Waals surface area (Å²) >= 11 is 0. The number of para-hydroxylation sites is 1. The summed E-state index contributed by atoms with van der Waals surface area (Å²) in [6.45, 7) is -0.288. The topological polar surface area (TPSA) is 27.1 Å². The molecule has 0 aliphatic carbocycles. The molecule has 0 spiro atoms. The van der Waals surface area contributed by atoms with Gasteiger partial charge in [0, 0.05) is 17.8 Å². The molecule has 1 heterocycles. The van der Waals surface area contributed by atoms with Crippen molar-refractivity contribution in [1.82, 2.24) is 9.78 Å². The maximum Gasteiger partial charge on any atom is 0.203 e. The Kier molecular flexibility index (Phi) is 4.01. The normalized spacial score (nSPS) is 10.8. The zero-order chi connectivity index (χ0) is 16.4. The fourth-order valence-corrected chi connectivity index (χ4v) is 1.99. The van der Waals surface area contributed by atoms with E-state index in [0.717, 1.165) is 5.69 Å². The molecule has 0 saturated heterocycles.